The first-order chi connectivity index (χ1) is 8.16. The zero-order valence-corrected chi connectivity index (χ0v) is 9.72. The van der Waals surface area contributed by atoms with Gasteiger partial charge in [0.1, 0.15) is 5.69 Å². The van der Waals surface area contributed by atoms with Crippen LogP contribution in [0.3, 0.4) is 0 Å². The normalized spacial score (nSPS) is 21.1. The Hall–Kier alpha value is -1.62. The minimum atomic E-state index is -1.01. The van der Waals surface area contributed by atoms with Crippen molar-refractivity contribution in [3.8, 4) is 0 Å². The molecule has 2 heterocycles. The monoisotopic (exact) mass is 236 g/mol. The Balaban J connectivity index is 1.96. The van der Waals surface area contributed by atoms with Crippen molar-refractivity contribution in [1.82, 2.24) is 4.98 Å². The predicted molar refractivity (Wildman–Crippen MR) is 63.3 cm³/mol. The molecule has 2 rings (SSSR count). The lowest BCUT2D eigenvalue weighted by Gasteiger charge is -2.20. The Morgan fingerprint density at radius 2 is 2.47 bits per heavy atom. The summed E-state index contributed by atoms with van der Waals surface area (Å²) in [5, 5.41) is 12.0. The summed E-state index contributed by atoms with van der Waals surface area (Å²) in [7, 11) is 0. The third-order valence-electron chi connectivity index (χ3n) is 2.90. The standard InChI is InChI=1S/C12H16N2O3/c1-8(11-3-2-6-17-11)14-9-4-5-10(12(15)16)13-7-9/h4-5,7-8,11,14H,2-3,6H2,1H3,(H,15,16). The van der Waals surface area contributed by atoms with E-state index in [1.54, 1.807) is 6.07 Å². The lowest BCUT2D eigenvalue weighted by molar-refractivity contribution is 0.0690. The molecular formula is C12H16N2O3. The van der Waals surface area contributed by atoms with Crippen LogP contribution in [0.4, 0.5) is 5.69 Å². The van der Waals surface area contributed by atoms with Gasteiger partial charge in [-0.3, -0.25) is 0 Å². The fraction of sp³-hybridized carbons (Fsp3) is 0.500. The van der Waals surface area contributed by atoms with Gasteiger partial charge >= 0.3 is 5.97 Å². The molecule has 0 spiro atoms. The summed E-state index contributed by atoms with van der Waals surface area (Å²) in [6.07, 6.45) is 3.94. The van der Waals surface area contributed by atoms with Gasteiger partial charge in [0.05, 0.1) is 18.0 Å². The van der Waals surface area contributed by atoms with Crippen LogP contribution >= 0.6 is 0 Å². The topological polar surface area (TPSA) is 71.5 Å². The van der Waals surface area contributed by atoms with Crippen LogP contribution in [0.1, 0.15) is 30.3 Å². The number of carbonyl (C=O) groups is 1. The minimum Gasteiger partial charge on any atom is -0.477 e. The number of carboxylic acids is 1. The second-order valence-electron chi connectivity index (χ2n) is 4.22. The SMILES string of the molecule is CC(Nc1ccc(C(=O)O)nc1)C1CCCO1. The van der Waals surface area contributed by atoms with Gasteiger partial charge < -0.3 is 15.2 Å². The molecule has 1 aromatic heterocycles. The van der Waals surface area contributed by atoms with Gasteiger partial charge in [-0.1, -0.05) is 0 Å². The van der Waals surface area contributed by atoms with Crippen molar-refractivity contribution in [1.29, 1.82) is 0 Å². The quantitative estimate of drug-likeness (QED) is 0.833. The number of rotatable bonds is 4. The van der Waals surface area contributed by atoms with Crippen LogP contribution in [0.25, 0.3) is 0 Å². The molecule has 5 nitrogen and oxygen atoms in total. The summed E-state index contributed by atoms with van der Waals surface area (Å²) in [5.74, 6) is -1.01. The van der Waals surface area contributed by atoms with Crippen LogP contribution in [0.2, 0.25) is 0 Å². The molecular weight excluding hydrogens is 220 g/mol. The molecule has 2 unspecified atom stereocenters. The van der Waals surface area contributed by atoms with E-state index >= 15 is 0 Å². The molecule has 1 aliphatic heterocycles. The Bertz CT molecular complexity index is 385. The first-order valence-electron chi connectivity index (χ1n) is 5.74. The number of hydrogen-bond acceptors (Lipinski definition) is 4. The maximum Gasteiger partial charge on any atom is 0.354 e. The molecule has 17 heavy (non-hydrogen) atoms. The van der Waals surface area contributed by atoms with E-state index in [-0.39, 0.29) is 17.8 Å². The molecule has 1 fully saturated rings. The molecule has 0 aliphatic carbocycles. The molecule has 0 saturated carbocycles. The molecule has 92 valence electrons. The van der Waals surface area contributed by atoms with Gasteiger partial charge in [-0.15, -0.1) is 0 Å². The second-order valence-corrected chi connectivity index (χ2v) is 4.22. The number of nitrogens with one attached hydrogen (secondary N) is 1. The van der Waals surface area contributed by atoms with Crippen LogP contribution in [0, 0.1) is 0 Å². The van der Waals surface area contributed by atoms with E-state index in [1.807, 2.05) is 0 Å². The third-order valence-corrected chi connectivity index (χ3v) is 2.90. The van der Waals surface area contributed by atoms with E-state index < -0.39 is 5.97 Å². The molecule has 1 saturated heterocycles. The van der Waals surface area contributed by atoms with E-state index in [4.69, 9.17) is 9.84 Å². The Kier molecular flexibility index (Phi) is 3.58. The van der Waals surface area contributed by atoms with E-state index in [1.165, 1.54) is 12.3 Å². The largest absolute Gasteiger partial charge is 0.477 e. The number of ether oxygens (including phenoxy) is 1. The third kappa shape index (κ3) is 2.94. The van der Waals surface area contributed by atoms with E-state index in [0.717, 1.165) is 25.1 Å². The van der Waals surface area contributed by atoms with Gasteiger partial charge in [-0.25, -0.2) is 9.78 Å². The van der Waals surface area contributed by atoms with Gasteiger partial charge in [-0.2, -0.15) is 0 Å². The molecule has 0 bridgehead atoms. The maximum absolute atomic E-state index is 10.6. The summed E-state index contributed by atoms with van der Waals surface area (Å²) < 4.78 is 5.57. The van der Waals surface area contributed by atoms with Crippen LogP contribution in [-0.4, -0.2) is 34.8 Å². The van der Waals surface area contributed by atoms with Gasteiger partial charge in [0.15, 0.2) is 0 Å². The van der Waals surface area contributed by atoms with E-state index in [2.05, 4.69) is 17.2 Å². The number of hydrogen-bond donors (Lipinski definition) is 2. The van der Waals surface area contributed by atoms with Crippen molar-refractivity contribution in [3.05, 3.63) is 24.0 Å². The number of nitrogens with zero attached hydrogens (tertiary/aromatic N) is 1. The highest BCUT2D eigenvalue weighted by Crippen LogP contribution is 2.18. The molecule has 0 aromatic carbocycles. The fourth-order valence-corrected chi connectivity index (χ4v) is 1.96. The first-order valence-corrected chi connectivity index (χ1v) is 5.74. The first kappa shape index (κ1) is 11.9. The van der Waals surface area contributed by atoms with Crippen molar-refractivity contribution < 1.29 is 14.6 Å². The van der Waals surface area contributed by atoms with Crippen LogP contribution < -0.4 is 5.32 Å². The Labute approximate surface area is 99.8 Å². The average Bonchev–Trinajstić information content (AvgIpc) is 2.83. The van der Waals surface area contributed by atoms with Crippen LogP contribution in [0.5, 0.6) is 0 Å². The van der Waals surface area contributed by atoms with Crippen molar-refractivity contribution in [2.45, 2.75) is 31.9 Å². The zero-order chi connectivity index (χ0) is 12.3. The maximum atomic E-state index is 10.6. The molecule has 0 radical (unpaired) electrons. The smallest absolute Gasteiger partial charge is 0.354 e. The van der Waals surface area contributed by atoms with Gasteiger partial charge in [-0.05, 0) is 31.9 Å². The van der Waals surface area contributed by atoms with Crippen LogP contribution in [0.15, 0.2) is 18.3 Å². The minimum absolute atomic E-state index is 0.0559. The van der Waals surface area contributed by atoms with Gasteiger partial charge in [0, 0.05) is 12.6 Å². The number of aromatic nitrogens is 1. The highest BCUT2D eigenvalue weighted by atomic mass is 16.5. The molecule has 1 aliphatic rings. The highest BCUT2D eigenvalue weighted by molar-refractivity contribution is 5.85. The van der Waals surface area contributed by atoms with Crippen LogP contribution in [-0.2, 0) is 4.74 Å². The number of pyridine rings is 1. The predicted octanol–water partition coefficient (Wildman–Crippen LogP) is 1.76. The van der Waals surface area contributed by atoms with Gasteiger partial charge in [0.25, 0.3) is 0 Å². The summed E-state index contributed by atoms with van der Waals surface area (Å²) in [5.41, 5.74) is 0.873. The average molecular weight is 236 g/mol. The summed E-state index contributed by atoms with van der Waals surface area (Å²) in [6.45, 7) is 2.88. The van der Waals surface area contributed by atoms with Crippen molar-refractivity contribution >= 4 is 11.7 Å². The summed E-state index contributed by atoms with van der Waals surface area (Å²) in [4.78, 5) is 14.5. The summed E-state index contributed by atoms with van der Waals surface area (Å²) in [6, 6.07) is 3.42. The number of anilines is 1. The number of carboxylic acid groups (broad SMARTS) is 1. The molecule has 2 N–H and O–H groups in total. The molecule has 5 heteroatoms. The lowest BCUT2D eigenvalue weighted by atomic mass is 10.1. The van der Waals surface area contributed by atoms with E-state index in [9.17, 15) is 4.79 Å². The van der Waals surface area contributed by atoms with Crippen molar-refractivity contribution in [2.75, 3.05) is 11.9 Å². The molecule has 0 amide bonds. The zero-order valence-electron chi connectivity index (χ0n) is 9.72. The van der Waals surface area contributed by atoms with E-state index in [0.29, 0.717) is 0 Å². The lowest BCUT2D eigenvalue weighted by Crippen LogP contribution is -2.30. The number of aromatic carboxylic acids is 1. The highest BCUT2D eigenvalue weighted by Gasteiger charge is 2.22. The fourth-order valence-electron chi connectivity index (χ4n) is 1.96. The second kappa shape index (κ2) is 5.14. The molecule has 2 atom stereocenters. The van der Waals surface area contributed by atoms with Crippen molar-refractivity contribution in [3.63, 3.8) is 0 Å². The van der Waals surface area contributed by atoms with Crippen molar-refractivity contribution in [2.24, 2.45) is 0 Å². The Morgan fingerprint density at radius 3 is 3.00 bits per heavy atom. The Morgan fingerprint density at radius 1 is 1.65 bits per heavy atom. The summed E-state index contributed by atoms with van der Waals surface area (Å²) >= 11 is 0. The van der Waals surface area contributed by atoms with Gasteiger partial charge in [0.2, 0.25) is 0 Å². The molecule has 1 aromatic rings.